The molecular formula is C12H11F6NO2. The Labute approximate surface area is 115 Å². The Bertz CT molecular complexity index is 523. The third-order valence-electron chi connectivity index (χ3n) is 2.66. The minimum absolute atomic E-state index is 0.00280. The van der Waals surface area contributed by atoms with Gasteiger partial charge in [0.2, 0.25) is 0 Å². The summed E-state index contributed by atoms with van der Waals surface area (Å²) in [6, 6.07) is 0.0640. The van der Waals surface area contributed by atoms with Gasteiger partial charge in [-0.3, -0.25) is 4.79 Å². The quantitative estimate of drug-likeness (QED) is 0.839. The fourth-order valence-corrected chi connectivity index (χ4v) is 1.77. The van der Waals surface area contributed by atoms with Crippen molar-refractivity contribution in [2.45, 2.75) is 31.2 Å². The second-order valence-corrected chi connectivity index (χ2v) is 4.43. The van der Waals surface area contributed by atoms with E-state index in [1.54, 1.807) is 0 Å². The van der Waals surface area contributed by atoms with Crippen molar-refractivity contribution in [1.29, 1.82) is 0 Å². The molecule has 0 fully saturated rings. The van der Waals surface area contributed by atoms with Crippen LogP contribution in [0.4, 0.5) is 26.3 Å². The van der Waals surface area contributed by atoms with Crippen LogP contribution in [-0.2, 0) is 23.6 Å². The highest BCUT2D eigenvalue weighted by Gasteiger charge is 2.38. The van der Waals surface area contributed by atoms with Gasteiger partial charge in [-0.25, -0.2) is 0 Å². The number of nitrogens with two attached hydrogens (primary N) is 1. The number of carboxylic acids is 1. The van der Waals surface area contributed by atoms with Crippen molar-refractivity contribution in [2.24, 2.45) is 5.73 Å². The van der Waals surface area contributed by atoms with Crippen molar-refractivity contribution in [2.75, 3.05) is 0 Å². The minimum Gasteiger partial charge on any atom is -0.481 e. The van der Waals surface area contributed by atoms with Gasteiger partial charge in [0.25, 0.3) is 0 Å². The van der Waals surface area contributed by atoms with Crippen LogP contribution >= 0.6 is 0 Å². The number of carbonyl (C=O) groups is 1. The van der Waals surface area contributed by atoms with Crippen LogP contribution in [0.5, 0.6) is 0 Å². The molecule has 0 aliphatic heterocycles. The molecule has 0 aromatic heterocycles. The third-order valence-corrected chi connectivity index (χ3v) is 2.66. The summed E-state index contributed by atoms with van der Waals surface area (Å²) < 4.78 is 75.8. The largest absolute Gasteiger partial charge is 0.481 e. The molecule has 0 saturated heterocycles. The third kappa shape index (κ3) is 4.92. The SMILES string of the molecule is NC(CC(=O)O)Cc1ccc(C(F)(F)F)cc1C(F)(F)F. The number of carboxylic acid groups (broad SMARTS) is 1. The molecule has 1 aromatic rings. The summed E-state index contributed by atoms with van der Waals surface area (Å²) in [6.45, 7) is 0. The molecule has 3 N–H and O–H groups in total. The Morgan fingerprint density at radius 2 is 1.71 bits per heavy atom. The van der Waals surface area contributed by atoms with Gasteiger partial charge in [0.1, 0.15) is 0 Å². The summed E-state index contributed by atoms with van der Waals surface area (Å²) in [4.78, 5) is 10.4. The molecule has 3 nitrogen and oxygen atoms in total. The maximum absolute atomic E-state index is 12.8. The summed E-state index contributed by atoms with van der Waals surface area (Å²) in [5.74, 6) is -1.30. The van der Waals surface area contributed by atoms with Crippen LogP contribution in [0.25, 0.3) is 0 Å². The maximum Gasteiger partial charge on any atom is 0.416 e. The van der Waals surface area contributed by atoms with Crippen LogP contribution < -0.4 is 5.73 Å². The Morgan fingerprint density at radius 3 is 2.14 bits per heavy atom. The van der Waals surface area contributed by atoms with Crippen LogP contribution in [0.2, 0.25) is 0 Å². The van der Waals surface area contributed by atoms with Gasteiger partial charge in [0.15, 0.2) is 0 Å². The first-order valence-corrected chi connectivity index (χ1v) is 5.66. The molecule has 0 radical (unpaired) electrons. The predicted octanol–water partition coefficient (Wildman–Crippen LogP) is 3.07. The first-order chi connectivity index (χ1) is 9.41. The zero-order valence-corrected chi connectivity index (χ0v) is 10.4. The van der Waals surface area contributed by atoms with Gasteiger partial charge < -0.3 is 10.8 Å². The number of benzene rings is 1. The van der Waals surface area contributed by atoms with Gasteiger partial charge in [0.05, 0.1) is 17.5 Å². The van der Waals surface area contributed by atoms with E-state index in [0.29, 0.717) is 12.1 Å². The molecule has 0 amide bonds. The lowest BCUT2D eigenvalue weighted by atomic mass is 9.96. The smallest absolute Gasteiger partial charge is 0.416 e. The Kier molecular flexibility index (Phi) is 4.87. The highest BCUT2D eigenvalue weighted by molar-refractivity contribution is 5.67. The van der Waals surface area contributed by atoms with E-state index in [4.69, 9.17) is 10.8 Å². The van der Waals surface area contributed by atoms with Crippen molar-refractivity contribution in [3.63, 3.8) is 0 Å². The molecule has 9 heteroatoms. The number of aliphatic carboxylic acids is 1. The van der Waals surface area contributed by atoms with Crippen LogP contribution in [0.3, 0.4) is 0 Å². The van der Waals surface area contributed by atoms with Crippen LogP contribution in [0.1, 0.15) is 23.1 Å². The van der Waals surface area contributed by atoms with E-state index in [9.17, 15) is 31.1 Å². The number of hydrogen-bond acceptors (Lipinski definition) is 2. The second-order valence-electron chi connectivity index (χ2n) is 4.43. The molecule has 1 unspecified atom stereocenters. The van der Waals surface area contributed by atoms with Gasteiger partial charge in [0, 0.05) is 6.04 Å². The first-order valence-electron chi connectivity index (χ1n) is 5.66. The molecule has 0 aliphatic carbocycles. The number of rotatable bonds is 4. The van der Waals surface area contributed by atoms with E-state index in [0.717, 1.165) is 0 Å². The summed E-state index contributed by atoms with van der Waals surface area (Å²) >= 11 is 0. The van der Waals surface area contributed by atoms with E-state index >= 15 is 0 Å². The van der Waals surface area contributed by atoms with Gasteiger partial charge >= 0.3 is 18.3 Å². The van der Waals surface area contributed by atoms with E-state index in [2.05, 4.69) is 0 Å². The van der Waals surface area contributed by atoms with Crippen LogP contribution in [0.15, 0.2) is 18.2 Å². The molecule has 21 heavy (non-hydrogen) atoms. The zero-order valence-electron chi connectivity index (χ0n) is 10.4. The van der Waals surface area contributed by atoms with Crippen LogP contribution in [-0.4, -0.2) is 17.1 Å². The van der Waals surface area contributed by atoms with Gasteiger partial charge in [-0.1, -0.05) is 6.07 Å². The Hall–Kier alpha value is -1.77. The van der Waals surface area contributed by atoms with Crippen molar-refractivity contribution < 1.29 is 36.2 Å². The Balaban J connectivity index is 3.17. The fourth-order valence-electron chi connectivity index (χ4n) is 1.77. The van der Waals surface area contributed by atoms with Crippen molar-refractivity contribution in [3.05, 3.63) is 34.9 Å². The molecule has 1 aromatic carbocycles. The monoisotopic (exact) mass is 315 g/mol. The fraction of sp³-hybridized carbons (Fsp3) is 0.417. The van der Waals surface area contributed by atoms with Crippen molar-refractivity contribution in [3.8, 4) is 0 Å². The lowest BCUT2D eigenvalue weighted by Crippen LogP contribution is -2.27. The molecule has 0 aliphatic rings. The molecule has 118 valence electrons. The van der Waals surface area contributed by atoms with Crippen LogP contribution in [0, 0.1) is 0 Å². The summed E-state index contributed by atoms with van der Waals surface area (Å²) in [5.41, 5.74) is 2.02. The zero-order chi connectivity index (χ0) is 16.4. The molecular weight excluding hydrogens is 304 g/mol. The molecule has 0 spiro atoms. The van der Waals surface area contributed by atoms with Gasteiger partial charge in [-0.15, -0.1) is 0 Å². The summed E-state index contributed by atoms with van der Waals surface area (Å²) in [6.07, 6.45) is -11.0. The van der Waals surface area contributed by atoms with E-state index in [-0.39, 0.29) is 6.07 Å². The average Bonchev–Trinajstić information content (AvgIpc) is 2.24. The highest BCUT2D eigenvalue weighted by Crippen LogP contribution is 2.37. The molecule has 1 atom stereocenters. The van der Waals surface area contributed by atoms with Gasteiger partial charge in [-0.05, 0) is 24.1 Å². The normalized spacial score (nSPS) is 14.0. The molecule has 0 bridgehead atoms. The van der Waals surface area contributed by atoms with E-state index in [1.807, 2.05) is 0 Å². The number of alkyl halides is 6. The summed E-state index contributed by atoms with van der Waals surface area (Å²) in [7, 11) is 0. The Morgan fingerprint density at radius 1 is 1.14 bits per heavy atom. The first kappa shape index (κ1) is 17.3. The summed E-state index contributed by atoms with van der Waals surface area (Å²) in [5, 5.41) is 8.49. The highest BCUT2D eigenvalue weighted by atomic mass is 19.4. The average molecular weight is 315 g/mol. The number of hydrogen-bond donors (Lipinski definition) is 2. The van der Waals surface area contributed by atoms with Crippen molar-refractivity contribution >= 4 is 5.97 Å². The van der Waals surface area contributed by atoms with E-state index in [1.165, 1.54) is 0 Å². The van der Waals surface area contributed by atoms with Crippen molar-refractivity contribution in [1.82, 2.24) is 0 Å². The van der Waals surface area contributed by atoms with Gasteiger partial charge in [-0.2, -0.15) is 26.3 Å². The molecule has 1 rings (SSSR count). The van der Waals surface area contributed by atoms with E-state index < -0.39 is 53.9 Å². The topological polar surface area (TPSA) is 63.3 Å². The lowest BCUT2D eigenvalue weighted by molar-refractivity contribution is -0.143. The minimum atomic E-state index is -4.99. The predicted molar refractivity (Wildman–Crippen MR) is 60.4 cm³/mol. The standard InChI is InChI=1S/C12H11F6NO2/c13-11(14,15)7-2-1-6(3-8(19)5-10(20)21)9(4-7)12(16,17)18/h1-2,4,8H,3,5,19H2,(H,20,21). The maximum atomic E-state index is 12.8. The molecule has 0 saturated carbocycles. The number of halogens is 6. The lowest BCUT2D eigenvalue weighted by Gasteiger charge is -2.17. The molecule has 0 heterocycles. The second kappa shape index (κ2) is 5.92.